The summed E-state index contributed by atoms with van der Waals surface area (Å²) < 4.78 is 11.0. The monoisotopic (exact) mass is 706 g/mol. The molecule has 11 aromatic rings. The molecule has 6 aromatic carbocycles. The normalized spacial score (nSPS) is 11.6. The number of pyridine rings is 2. The van der Waals surface area contributed by atoms with E-state index < -0.39 is 0 Å². The van der Waals surface area contributed by atoms with E-state index in [-0.39, 0.29) is 0 Å². The first-order valence-corrected chi connectivity index (χ1v) is 18.2. The predicted molar refractivity (Wildman–Crippen MR) is 220 cm³/mol. The summed E-state index contributed by atoms with van der Waals surface area (Å²) >= 11 is 0. The number of benzene rings is 6. The minimum atomic E-state index is 0.442. The summed E-state index contributed by atoms with van der Waals surface area (Å²) in [5.41, 5.74) is 9.79. The average Bonchev–Trinajstić information content (AvgIpc) is 3.97. The second-order valence-electron chi connectivity index (χ2n) is 13.5. The van der Waals surface area contributed by atoms with Gasteiger partial charge in [-0.3, -0.25) is 9.13 Å². The fourth-order valence-electron chi connectivity index (χ4n) is 7.88. The largest absolute Gasteiger partial charge is 0.416 e. The number of nitrogens with zero attached hydrogens (tertiary/aromatic N) is 6. The Kier molecular flexibility index (Phi) is 7.03. The highest BCUT2D eigenvalue weighted by molar-refractivity contribution is 6.15. The number of hydrogen-bond acceptors (Lipinski definition) is 5. The Morgan fingerprint density at radius 3 is 1.58 bits per heavy atom. The van der Waals surface area contributed by atoms with Crippen LogP contribution in [0.5, 0.6) is 0 Å². The van der Waals surface area contributed by atoms with E-state index in [1.165, 1.54) is 0 Å². The highest BCUT2D eigenvalue weighted by atomic mass is 16.4. The summed E-state index contributed by atoms with van der Waals surface area (Å²) in [4.78, 5) is 10.3. The van der Waals surface area contributed by atoms with E-state index in [1.54, 1.807) is 0 Å². The Bertz CT molecular complexity index is 3210. The van der Waals surface area contributed by atoms with Crippen molar-refractivity contribution in [1.29, 1.82) is 0 Å². The molecule has 0 aliphatic carbocycles. The third kappa shape index (κ3) is 5.05. The summed E-state index contributed by atoms with van der Waals surface area (Å²) in [6.45, 7) is 0. The Labute approximate surface area is 315 Å². The topological polar surface area (TPSA) is 74.6 Å². The first-order chi connectivity index (χ1) is 27.3. The van der Waals surface area contributed by atoms with E-state index in [0.29, 0.717) is 11.8 Å². The Hall–Kier alpha value is -7.64. The summed E-state index contributed by atoms with van der Waals surface area (Å²) in [5.74, 6) is 2.57. The van der Waals surface area contributed by atoms with Crippen molar-refractivity contribution in [2.45, 2.75) is 0 Å². The maximum Gasteiger partial charge on any atom is 0.248 e. The summed E-state index contributed by atoms with van der Waals surface area (Å²) in [6.07, 6.45) is 0. The van der Waals surface area contributed by atoms with Gasteiger partial charge in [-0.1, -0.05) is 121 Å². The van der Waals surface area contributed by atoms with Crippen molar-refractivity contribution >= 4 is 43.6 Å². The Morgan fingerprint density at radius 1 is 0.364 bits per heavy atom. The molecule has 11 rings (SSSR count). The number of hydrogen-bond donors (Lipinski definition) is 0. The Balaban J connectivity index is 1.04. The van der Waals surface area contributed by atoms with Crippen molar-refractivity contribution in [3.05, 3.63) is 182 Å². The first kappa shape index (κ1) is 30.9. The van der Waals surface area contributed by atoms with Crippen LogP contribution >= 0.6 is 0 Å². The van der Waals surface area contributed by atoms with Crippen LogP contribution in [0.15, 0.2) is 186 Å². The van der Waals surface area contributed by atoms with Crippen LogP contribution < -0.4 is 0 Å². The molecule has 7 heteroatoms. The van der Waals surface area contributed by atoms with Crippen molar-refractivity contribution in [2.75, 3.05) is 0 Å². The zero-order valence-electron chi connectivity index (χ0n) is 29.4. The summed E-state index contributed by atoms with van der Waals surface area (Å²) in [5, 5.41) is 13.6. The van der Waals surface area contributed by atoms with E-state index in [2.05, 4.69) is 147 Å². The lowest BCUT2D eigenvalue weighted by molar-refractivity contribution is 0.585. The van der Waals surface area contributed by atoms with Gasteiger partial charge in [0.1, 0.15) is 11.6 Å². The molecule has 0 radical (unpaired) electrons. The standard InChI is InChI=1S/C48H30N6O/c1-3-14-31(15-4-1)38-21-12-26-44(49-38)53-41-24-10-8-19-36(41)46-37(20-11-25-42(46)53)48-52-51-47(55-48)33-28-29-35-34-18-7-9-23-40(34)54(43(35)30-33)45-27-13-22-39(50-45)32-16-5-2-6-17-32/h1-30H. The molecule has 0 saturated carbocycles. The van der Waals surface area contributed by atoms with Crippen LogP contribution in [0.4, 0.5) is 0 Å². The SMILES string of the molecule is c1ccc(-c2cccc(-n3c4ccccc4c4ccc(-c5nnc(-c6cccc7c6c6ccccc6n7-c6cccc(-c7ccccc7)n6)o5)cc43)n2)cc1. The molecule has 0 N–H and O–H groups in total. The van der Waals surface area contributed by atoms with E-state index in [1.807, 2.05) is 54.6 Å². The van der Waals surface area contributed by atoms with Crippen LogP contribution in [0, 0.1) is 0 Å². The fraction of sp³-hybridized carbons (Fsp3) is 0. The molecule has 5 heterocycles. The quantitative estimate of drug-likeness (QED) is 0.172. The molecule has 7 nitrogen and oxygen atoms in total. The number of rotatable bonds is 6. The third-order valence-electron chi connectivity index (χ3n) is 10.3. The van der Waals surface area contributed by atoms with Gasteiger partial charge in [-0.15, -0.1) is 10.2 Å². The third-order valence-corrected chi connectivity index (χ3v) is 10.3. The smallest absolute Gasteiger partial charge is 0.248 e. The van der Waals surface area contributed by atoms with Gasteiger partial charge in [-0.05, 0) is 60.7 Å². The lowest BCUT2D eigenvalue weighted by Gasteiger charge is -2.09. The maximum absolute atomic E-state index is 6.58. The molecule has 0 aliphatic heterocycles. The van der Waals surface area contributed by atoms with Crippen molar-refractivity contribution < 1.29 is 4.42 Å². The molecule has 0 atom stereocenters. The molecule has 0 unspecified atom stereocenters. The zero-order chi connectivity index (χ0) is 36.3. The van der Waals surface area contributed by atoms with Gasteiger partial charge in [-0.2, -0.15) is 0 Å². The van der Waals surface area contributed by atoms with Gasteiger partial charge in [-0.25, -0.2) is 9.97 Å². The first-order valence-electron chi connectivity index (χ1n) is 18.2. The van der Waals surface area contributed by atoms with Crippen LogP contribution in [-0.4, -0.2) is 29.3 Å². The molecule has 55 heavy (non-hydrogen) atoms. The predicted octanol–water partition coefficient (Wildman–Crippen LogP) is 11.7. The van der Waals surface area contributed by atoms with Gasteiger partial charge >= 0.3 is 0 Å². The van der Waals surface area contributed by atoms with Crippen LogP contribution in [0.1, 0.15) is 0 Å². The number of aromatic nitrogens is 6. The molecule has 0 aliphatic rings. The Morgan fingerprint density at radius 2 is 0.891 bits per heavy atom. The minimum absolute atomic E-state index is 0.442. The fourth-order valence-corrected chi connectivity index (χ4v) is 7.88. The molecule has 0 spiro atoms. The maximum atomic E-state index is 6.58. The lowest BCUT2D eigenvalue weighted by Crippen LogP contribution is -1.98. The van der Waals surface area contributed by atoms with Gasteiger partial charge in [0, 0.05) is 43.8 Å². The van der Waals surface area contributed by atoms with Gasteiger partial charge in [0.25, 0.3) is 0 Å². The molecular formula is C48H30N6O. The van der Waals surface area contributed by atoms with Crippen molar-refractivity contribution in [2.24, 2.45) is 0 Å². The van der Waals surface area contributed by atoms with Crippen LogP contribution in [0.2, 0.25) is 0 Å². The molecule has 0 bridgehead atoms. The molecule has 0 fully saturated rings. The molecule has 258 valence electrons. The van der Waals surface area contributed by atoms with Crippen molar-refractivity contribution in [3.8, 4) is 57.1 Å². The average molecular weight is 707 g/mol. The van der Waals surface area contributed by atoms with Gasteiger partial charge in [0.05, 0.1) is 33.5 Å². The van der Waals surface area contributed by atoms with Gasteiger partial charge in [0.2, 0.25) is 11.8 Å². The van der Waals surface area contributed by atoms with Gasteiger partial charge in [0.15, 0.2) is 0 Å². The number of fused-ring (bicyclic) bond motifs is 6. The van der Waals surface area contributed by atoms with E-state index in [0.717, 1.165) is 88.9 Å². The van der Waals surface area contributed by atoms with Crippen molar-refractivity contribution in [3.63, 3.8) is 0 Å². The highest BCUT2D eigenvalue weighted by Gasteiger charge is 2.21. The lowest BCUT2D eigenvalue weighted by atomic mass is 10.1. The highest BCUT2D eigenvalue weighted by Crippen LogP contribution is 2.40. The van der Waals surface area contributed by atoms with E-state index in [4.69, 9.17) is 14.4 Å². The minimum Gasteiger partial charge on any atom is -0.416 e. The van der Waals surface area contributed by atoms with E-state index >= 15 is 0 Å². The summed E-state index contributed by atoms with van der Waals surface area (Å²) in [7, 11) is 0. The second-order valence-corrected chi connectivity index (χ2v) is 13.5. The second kappa shape index (κ2) is 12.5. The molecular weight excluding hydrogens is 677 g/mol. The zero-order valence-corrected chi connectivity index (χ0v) is 29.4. The molecule has 0 amide bonds. The summed E-state index contributed by atoms with van der Waals surface area (Å²) in [6, 6.07) is 62.2. The molecule has 5 aromatic heterocycles. The molecule has 0 saturated heterocycles. The van der Waals surface area contributed by atoms with Gasteiger partial charge < -0.3 is 4.42 Å². The van der Waals surface area contributed by atoms with Crippen LogP contribution in [0.25, 0.3) is 101 Å². The van der Waals surface area contributed by atoms with Crippen LogP contribution in [-0.2, 0) is 0 Å². The van der Waals surface area contributed by atoms with Crippen LogP contribution in [0.3, 0.4) is 0 Å². The number of para-hydroxylation sites is 2. The van der Waals surface area contributed by atoms with E-state index in [9.17, 15) is 0 Å². The van der Waals surface area contributed by atoms with Crippen molar-refractivity contribution in [1.82, 2.24) is 29.3 Å².